The van der Waals surface area contributed by atoms with Gasteiger partial charge in [-0.05, 0) is 60.1 Å². The van der Waals surface area contributed by atoms with Crippen molar-refractivity contribution in [1.82, 2.24) is 4.90 Å². The molecule has 1 aliphatic heterocycles. The van der Waals surface area contributed by atoms with E-state index < -0.39 is 0 Å². The number of hydrogen-bond acceptors (Lipinski definition) is 5. The number of unbranched alkanes of at least 4 members (excludes halogenated alkanes) is 11. The zero-order chi connectivity index (χ0) is 30.0. The Bertz CT molecular complexity index is 1090. The van der Waals surface area contributed by atoms with Crippen molar-refractivity contribution < 1.29 is 14.3 Å². The monoisotopic (exact) mass is 674 g/mol. The summed E-state index contributed by atoms with van der Waals surface area (Å²) in [5.74, 6) is 2.60. The second kappa shape index (κ2) is 21.6. The molecule has 0 saturated carbocycles. The van der Waals surface area contributed by atoms with Crippen LogP contribution in [-0.2, 0) is 17.8 Å². The summed E-state index contributed by atoms with van der Waals surface area (Å²) in [6, 6.07) is 14.5. The molecule has 2 aromatic rings. The zero-order valence-corrected chi connectivity index (χ0v) is 29.6. The van der Waals surface area contributed by atoms with E-state index in [0.29, 0.717) is 13.2 Å². The highest BCUT2D eigenvalue weighted by Crippen LogP contribution is 2.29. The summed E-state index contributed by atoms with van der Waals surface area (Å²) in [7, 11) is 1.69. The number of halogens is 1. The number of hydrogen-bond donors (Lipinski definition) is 0. The highest BCUT2D eigenvalue weighted by molar-refractivity contribution is 8.93. The first kappa shape index (κ1) is 37.1. The molecule has 1 amide bonds. The van der Waals surface area contributed by atoms with Crippen LogP contribution in [0.5, 0.6) is 11.5 Å². The predicted octanol–water partition coefficient (Wildman–Crippen LogP) is 10.3. The van der Waals surface area contributed by atoms with Crippen LogP contribution in [0.2, 0.25) is 0 Å². The van der Waals surface area contributed by atoms with Crippen LogP contribution in [0.15, 0.2) is 53.6 Å². The number of carbonyl (C=O) groups excluding carboxylic acids is 1. The Labute approximate surface area is 276 Å². The molecule has 240 valence electrons. The maximum absolute atomic E-state index is 12.5. The van der Waals surface area contributed by atoms with Crippen molar-refractivity contribution in [1.29, 1.82) is 0 Å². The molecule has 0 aromatic heterocycles. The van der Waals surface area contributed by atoms with Crippen molar-refractivity contribution in [2.45, 2.75) is 111 Å². The fourth-order valence-electron chi connectivity index (χ4n) is 5.44. The first-order valence-electron chi connectivity index (χ1n) is 16.2. The topological polar surface area (TPSA) is 42.0 Å². The fourth-order valence-corrected chi connectivity index (χ4v) is 6.20. The van der Waals surface area contributed by atoms with E-state index in [9.17, 15) is 4.79 Å². The fraction of sp³-hybridized carbons (Fsp3) is 0.583. The van der Waals surface area contributed by atoms with Gasteiger partial charge in [-0.1, -0.05) is 95.8 Å². The molecule has 0 aliphatic carbocycles. The first-order chi connectivity index (χ1) is 20.5. The van der Waals surface area contributed by atoms with Crippen LogP contribution in [0.4, 0.5) is 5.69 Å². The molecule has 0 bridgehead atoms. The Balaban J connectivity index is 0.00000645. The van der Waals surface area contributed by atoms with E-state index in [4.69, 9.17) is 9.47 Å². The summed E-state index contributed by atoms with van der Waals surface area (Å²) in [6.07, 6.45) is 19.0. The molecule has 0 spiro atoms. The molecule has 0 radical (unpaired) electrons. The van der Waals surface area contributed by atoms with E-state index in [1.165, 1.54) is 81.1 Å². The Hall–Kier alpha value is -2.12. The summed E-state index contributed by atoms with van der Waals surface area (Å²) >= 11 is 1.87. The van der Waals surface area contributed by atoms with Gasteiger partial charge in [0.05, 0.1) is 19.6 Å². The number of methoxy groups -OCH3 is 1. The molecule has 5 nitrogen and oxygen atoms in total. The van der Waals surface area contributed by atoms with Gasteiger partial charge in [-0.25, -0.2) is 0 Å². The van der Waals surface area contributed by atoms with Gasteiger partial charge in [-0.3, -0.25) is 4.79 Å². The summed E-state index contributed by atoms with van der Waals surface area (Å²) in [4.78, 5) is 18.0. The van der Waals surface area contributed by atoms with Crippen LogP contribution in [0.3, 0.4) is 0 Å². The van der Waals surface area contributed by atoms with E-state index in [-0.39, 0.29) is 22.9 Å². The number of ether oxygens (including phenoxy) is 2. The maximum Gasteiger partial charge on any atom is 0.223 e. The number of nitrogens with zero attached hydrogens (tertiary/aromatic N) is 2. The molecule has 0 unspecified atom stereocenters. The van der Waals surface area contributed by atoms with Gasteiger partial charge < -0.3 is 19.3 Å². The quantitative estimate of drug-likeness (QED) is 0.123. The van der Waals surface area contributed by atoms with E-state index in [2.05, 4.69) is 55.3 Å². The lowest BCUT2D eigenvalue weighted by Gasteiger charge is -2.22. The van der Waals surface area contributed by atoms with Crippen LogP contribution < -0.4 is 14.4 Å². The van der Waals surface area contributed by atoms with E-state index in [1.54, 1.807) is 14.0 Å². The van der Waals surface area contributed by atoms with Gasteiger partial charge in [-0.2, -0.15) is 0 Å². The molecule has 0 fully saturated rings. The van der Waals surface area contributed by atoms with Crippen molar-refractivity contribution >= 4 is 40.3 Å². The minimum Gasteiger partial charge on any atom is -0.493 e. The highest BCUT2D eigenvalue weighted by atomic mass is 79.9. The zero-order valence-electron chi connectivity index (χ0n) is 27.1. The van der Waals surface area contributed by atoms with Gasteiger partial charge in [0, 0.05) is 31.9 Å². The maximum atomic E-state index is 12.5. The molecule has 0 N–H and O–H groups in total. The third-order valence-electron chi connectivity index (χ3n) is 7.94. The molecular formula is C36H55BrN2O3S. The largest absolute Gasteiger partial charge is 0.493 e. The Morgan fingerprint density at radius 2 is 1.47 bits per heavy atom. The van der Waals surface area contributed by atoms with Gasteiger partial charge >= 0.3 is 0 Å². The smallest absolute Gasteiger partial charge is 0.223 e. The lowest BCUT2D eigenvalue weighted by Crippen LogP contribution is -2.30. The number of rotatable bonds is 21. The second-order valence-corrected chi connectivity index (χ2v) is 12.8. The summed E-state index contributed by atoms with van der Waals surface area (Å²) in [6.45, 7) is 8.28. The number of amides is 1. The minimum absolute atomic E-state index is 0. The first-order valence-corrected chi connectivity index (χ1v) is 17.2. The molecule has 1 heterocycles. The molecular weight excluding hydrogens is 620 g/mol. The van der Waals surface area contributed by atoms with Crippen LogP contribution in [0.1, 0.15) is 109 Å². The van der Waals surface area contributed by atoms with E-state index in [0.717, 1.165) is 48.0 Å². The van der Waals surface area contributed by atoms with Crippen LogP contribution in [-0.4, -0.2) is 36.9 Å². The minimum atomic E-state index is 0. The van der Waals surface area contributed by atoms with Crippen LogP contribution in [0.25, 0.3) is 0 Å². The van der Waals surface area contributed by atoms with E-state index in [1.807, 2.05) is 28.8 Å². The van der Waals surface area contributed by atoms with Crippen molar-refractivity contribution in [3.05, 3.63) is 64.7 Å². The number of allylic oxidation sites excluding steroid dienone is 1. The SMILES string of the molecule is Br.CCCCCCCCCCCCCCOc1ccc(CCN(C(C)=O)c2ccc(CN3C=C(C)SC3)cc2)cc1OC. The molecule has 1 aliphatic rings. The predicted molar refractivity (Wildman–Crippen MR) is 190 cm³/mol. The summed E-state index contributed by atoms with van der Waals surface area (Å²) < 4.78 is 11.7. The lowest BCUT2D eigenvalue weighted by atomic mass is 10.1. The van der Waals surface area contributed by atoms with Gasteiger partial charge in [-0.15, -0.1) is 28.7 Å². The average molecular weight is 676 g/mol. The van der Waals surface area contributed by atoms with Gasteiger partial charge in [0.15, 0.2) is 11.5 Å². The summed E-state index contributed by atoms with van der Waals surface area (Å²) in [5, 5.41) is 0. The molecule has 2 aromatic carbocycles. The van der Waals surface area contributed by atoms with Gasteiger partial charge in [0.25, 0.3) is 0 Å². The lowest BCUT2D eigenvalue weighted by molar-refractivity contribution is -0.116. The van der Waals surface area contributed by atoms with Crippen LogP contribution in [0, 0.1) is 0 Å². The molecule has 0 saturated heterocycles. The second-order valence-electron chi connectivity index (χ2n) is 11.6. The number of carbonyl (C=O) groups is 1. The van der Waals surface area contributed by atoms with E-state index >= 15 is 0 Å². The third-order valence-corrected chi connectivity index (χ3v) is 8.97. The van der Waals surface area contributed by atoms with Gasteiger partial charge in [0.1, 0.15) is 0 Å². The van der Waals surface area contributed by atoms with Crippen molar-refractivity contribution in [3.8, 4) is 11.5 Å². The average Bonchev–Trinajstić information content (AvgIpc) is 3.40. The number of anilines is 1. The molecule has 0 atom stereocenters. The van der Waals surface area contributed by atoms with Crippen molar-refractivity contribution in [2.75, 3.05) is 31.0 Å². The van der Waals surface area contributed by atoms with Crippen molar-refractivity contribution in [3.63, 3.8) is 0 Å². The Kier molecular flexibility index (Phi) is 18.6. The number of thioether (sulfide) groups is 1. The standard InChI is InChI=1S/C36H54N2O3S.BrH/c1-5-6-7-8-9-10-11-12-13-14-15-16-25-41-35-22-19-32(26-36(35)40-4)23-24-38(31(3)39)34-20-17-33(18-21-34)28-37-27-30(2)42-29-37;/h17-22,26-27H,5-16,23-25,28-29H2,1-4H3;1H. The third kappa shape index (κ3) is 14.0. The van der Waals surface area contributed by atoms with Gasteiger partial charge in [0.2, 0.25) is 5.91 Å². The Morgan fingerprint density at radius 3 is 2.02 bits per heavy atom. The normalized spacial score (nSPS) is 12.6. The molecule has 3 rings (SSSR count). The molecule has 43 heavy (non-hydrogen) atoms. The van der Waals surface area contributed by atoms with Crippen molar-refractivity contribution in [2.24, 2.45) is 0 Å². The molecule has 7 heteroatoms. The van der Waals surface area contributed by atoms with Crippen LogP contribution >= 0.6 is 28.7 Å². The summed E-state index contributed by atoms with van der Waals surface area (Å²) in [5.41, 5.74) is 3.31. The number of benzene rings is 2. The Morgan fingerprint density at radius 1 is 0.860 bits per heavy atom. The highest BCUT2D eigenvalue weighted by Gasteiger charge is 2.14.